The minimum atomic E-state index is -2.85. The zero-order valence-electron chi connectivity index (χ0n) is 7.11. The van der Waals surface area contributed by atoms with Crippen molar-refractivity contribution < 1.29 is 18.4 Å². The van der Waals surface area contributed by atoms with Crippen molar-refractivity contribution >= 4 is 5.69 Å². The lowest BCUT2D eigenvalue weighted by Crippen LogP contribution is -1.98. The Morgan fingerprint density at radius 3 is 2.71 bits per heavy atom. The quantitative estimate of drug-likeness (QED) is 0.557. The third-order valence-electron chi connectivity index (χ3n) is 1.50. The van der Waals surface area contributed by atoms with E-state index in [0.29, 0.717) is 0 Å². The number of hydrogen-bond donors (Lipinski definition) is 0. The summed E-state index contributed by atoms with van der Waals surface area (Å²) < 4.78 is 29.2. The molecule has 0 saturated heterocycles. The largest absolute Gasteiger partial charge is 0.481 e. The predicted molar refractivity (Wildman–Crippen MR) is 42.4 cm³/mol. The number of alkyl halides is 2. The van der Waals surface area contributed by atoms with Crippen LogP contribution in [0.15, 0.2) is 12.3 Å². The van der Waals surface area contributed by atoms with E-state index >= 15 is 0 Å². The Hall–Kier alpha value is -1.79. The molecule has 0 aliphatic rings. The van der Waals surface area contributed by atoms with E-state index in [4.69, 9.17) is 0 Å². The van der Waals surface area contributed by atoms with Gasteiger partial charge in [0.05, 0.1) is 17.6 Å². The number of methoxy groups -OCH3 is 1. The van der Waals surface area contributed by atoms with E-state index in [0.717, 1.165) is 12.3 Å². The maximum Gasteiger partial charge on any atom is 0.288 e. The molecule has 1 rings (SSSR count). The molecule has 0 aromatic carbocycles. The van der Waals surface area contributed by atoms with Crippen LogP contribution in [-0.2, 0) is 0 Å². The van der Waals surface area contributed by atoms with Crippen LogP contribution in [0, 0.1) is 10.1 Å². The van der Waals surface area contributed by atoms with E-state index in [1.165, 1.54) is 7.11 Å². The van der Waals surface area contributed by atoms with Gasteiger partial charge in [0.1, 0.15) is 6.20 Å². The molecule has 0 amide bonds. The van der Waals surface area contributed by atoms with Gasteiger partial charge in [0.25, 0.3) is 12.1 Å². The first-order chi connectivity index (χ1) is 6.56. The summed E-state index contributed by atoms with van der Waals surface area (Å²) in [5.74, 6) is -0.300. The summed E-state index contributed by atoms with van der Waals surface area (Å²) in [5, 5.41) is 10.3. The van der Waals surface area contributed by atoms with Gasteiger partial charge < -0.3 is 4.74 Å². The zero-order chi connectivity index (χ0) is 10.7. The number of nitro groups is 1. The molecule has 5 nitrogen and oxygen atoms in total. The molecular formula is C7H6F2N2O3. The van der Waals surface area contributed by atoms with Crippen LogP contribution in [0.5, 0.6) is 5.88 Å². The van der Waals surface area contributed by atoms with E-state index in [1.54, 1.807) is 0 Å². The third-order valence-corrected chi connectivity index (χ3v) is 1.50. The average molecular weight is 204 g/mol. The lowest BCUT2D eigenvalue weighted by Gasteiger charge is -2.04. The van der Waals surface area contributed by atoms with Gasteiger partial charge in [-0.2, -0.15) is 0 Å². The van der Waals surface area contributed by atoms with Gasteiger partial charge in [-0.3, -0.25) is 10.1 Å². The van der Waals surface area contributed by atoms with Crippen LogP contribution in [0.2, 0.25) is 0 Å². The molecular weight excluding hydrogens is 198 g/mol. The molecule has 0 bridgehead atoms. The first-order valence-corrected chi connectivity index (χ1v) is 3.52. The van der Waals surface area contributed by atoms with Crippen LogP contribution in [0.25, 0.3) is 0 Å². The fourth-order valence-corrected chi connectivity index (χ4v) is 0.884. The SMILES string of the molecule is COc1ncc([N+](=O)[O-])cc1C(F)F. The highest BCUT2D eigenvalue weighted by Crippen LogP contribution is 2.29. The Bertz CT molecular complexity index is 357. The Morgan fingerprint density at radius 2 is 2.29 bits per heavy atom. The minimum Gasteiger partial charge on any atom is -0.481 e. The van der Waals surface area contributed by atoms with Crippen LogP contribution in [0.1, 0.15) is 12.0 Å². The number of ether oxygens (including phenoxy) is 1. The van der Waals surface area contributed by atoms with Crippen LogP contribution >= 0.6 is 0 Å². The molecule has 14 heavy (non-hydrogen) atoms. The molecule has 0 spiro atoms. The highest BCUT2D eigenvalue weighted by Gasteiger charge is 2.19. The molecule has 0 aliphatic heterocycles. The molecule has 0 unspecified atom stereocenters. The number of hydrogen-bond acceptors (Lipinski definition) is 4. The smallest absolute Gasteiger partial charge is 0.288 e. The molecule has 1 aromatic rings. The first kappa shape index (κ1) is 10.3. The molecule has 1 heterocycles. The number of aromatic nitrogens is 1. The van der Waals surface area contributed by atoms with E-state index in [1.807, 2.05) is 0 Å². The summed E-state index contributed by atoms with van der Waals surface area (Å²) in [6.45, 7) is 0. The van der Waals surface area contributed by atoms with Gasteiger partial charge in [-0.05, 0) is 0 Å². The number of nitrogens with zero attached hydrogens (tertiary/aromatic N) is 2. The maximum absolute atomic E-state index is 12.3. The second-order valence-electron chi connectivity index (χ2n) is 2.35. The summed E-state index contributed by atoms with van der Waals surface area (Å²) >= 11 is 0. The molecule has 0 N–H and O–H groups in total. The van der Waals surface area contributed by atoms with Crippen LogP contribution in [-0.4, -0.2) is 17.0 Å². The van der Waals surface area contributed by atoms with Crippen LogP contribution in [0.4, 0.5) is 14.5 Å². The first-order valence-electron chi connectivity index (χ1n) is 3.52. The Morgan fingerprint density at radius 1 is 1.64 bits per heavy atom. The predicted octanol–water partition coefficient (Wildman–Crippen LogP) is 1.94. The fourth-order valence-electron chi connectivity index (χ4n) is 0.884. The Kier molecular flexibility index (Phi) is 2.90. The van der Waals surface area contributed by atoms with Gasteiger partial charge in [-0.15, -0.1) is 0 Å². The third kappa shape index (κ3) is 1.93. The topological polar surface area (TPSA) is 65.3 Å². The normalized spacial score (nSPS) is 10.3. The standard InChI is InChI=1S/C7H6F2N2O3/c1-14-7-5(6(8)9)2-4(3-10-7)11(12)13/h2-3,6H,1H3. The van der Waals surface area contributed by atoms with Gasteiger partial charge in [0, 0.05) is 6.07 Å². The molecule has 0 radical (unpaired) electrons. The van der Waals surface area contributed by atoms with Gasteiger partial charge in [-0.25, -0.2) is 13.8 Å². The number of rotatable bonds is 3. The zero-order valence-corrected chi connectivity index (χ0v) is 7.11. The van der Waals surface area contributed by atoms with Crippen molar-refractivity contribution in [3.63, 3.8) is 0 Å². The summed E-state index contributed by atoms with van der Waals surface area (Å²) in [6.07, 6.45) is -1.98. The second kappa shape index (κ2) is 3.95. The minimum absolute atomic E-state index is 0.300. The van der Waals surface area contributed by atoms with Crippen molar-refractivity contribution in [2.24, 2.45) is 0 Å². The molecule has 1 aromatic heterocycles. The summed E-state index contributed by atoms with van der Waals surface area (Å²) in [4.78, 5) is 12.9. The number of halogens is 2. The lowest BCUT2D eigenvalue weighted by molar-refractivity contribution is -0.385. The molecule has 0 saturated carbocycles. The maximum atomic E-state index is 12.3. The van der Waals surface area contributed by atoms with Crippen molar-refractivity contribution in [3.05, 3.63) is 27.9 Å². The monoisotopic (exact) mass is 204 g/mol. The molecule has 76 valence electrons. The highest BCUT2D eigenvalue weighted by atomic mass is 19.3. The van der Waals surface area contributed by atoms with Gasteiger partial charge in [-0.1, -0.05) is 0 Å². The molecule has 7 heteroatoms. The van der Waals surface area contributed by atoms with Gasteiger partial charge in [0.2, 0.25) is 5.88 Å². The van der Waals surface area contributed by atoms with Crippen molar-refractivity contribution in [2.75, 3.05) is 7.11 Å². The average Bonchev–Trinajstić information content (AvgIpc) is 2.16. The van der Waals surface area contributed by atoms with E-state index < -0.39 is 22.6 Å². The summed E-state index contributed by atoms with van der Waals surface area (Å²) in [6, 6.07) is 0.747. The molecule has 0 fully saturated rings. The van der Waals surface area contributed by atoms with Gasteiger partial charge >= 0.3 is 0 Å². The van der Waals surface area contributed by atoms with Crippen molar-refractivity contribution in [3.8, 4) is 5.88 Å². The lowest BCUT2D eigenvalue weighted by atomic mass is 10.2. The van der Waals surface area contributed by atoms with E-state index in [2.05, 4.69) is 9.72 Å². The van der Waals surface area contributed by atoms with Crippen molar-refractivity contribution in [2.45, 2.75) is 6.43 Å². The summed E-state index contributed by atoms with van der Waals surface area (Å²) in [5.41, 5.74) is -1.07. The Balaban J connectivity index is 3.20. The van der Waals surface area contributed by atoms with Gasteiger partial charge in [0.15, 0.2) is 0 Å². The van der Waals surface area contributed by atoms with Crippen LogP contribution < -0.4 is 4.74 Å². The molecule has 0 atom stereocenters. The van der Waals surface area contributed by atoms with Crippen LogP contribution in [0.3, 0.4) is 0 Å². The van der Waals surface area contributed by atoms with E-state index in [9.17, 15) is 18.9 Å². The molecule has 0 aliphatic carbocycles. The number of pyridine rings is 1. The van der Waals surface area contributed by atoms with Crippen molar-refractivity contribution in [1.82, 2.24) is 4.98 Å². The highest BCUT2D eigenvalue weighted by molar-refractivity contribution is 5.38. The fraction of sp³-hybridized carbons (Fsp3) is 0.286. The van der Waals surface area contributed by atoms with E-state index in [-0.39, 0.29) is 5.88 Å². The Labute approximate surface area is 77.5 Å². The second-order valence-corrected chi connectivity index (χ2v) is 2.35. The van der Waals surface area contributed by atoms with Crippen molar-refractivity contribution in [1.29, 1.82) is 0 Å². The summed E-state index contributed by atoms with van der Waals surface area (Å²) in [7, 11) is 1.17.